The van der Waals surface area contributed by atoms with Gasteiger partial charge in [0.2, 0.25) is 0 Å². The van der Waals surface area contributed by atoms with Crippen LogP contribution in [0.1, 0.15) is 11.1 Å². The zero-order chi connectivity index (χ0) is 11.6. The zero-order valence-corrected chi connectivity index (χ0v) is 7.31. The number of benzene rings is 1. The number of halogens is 4. The van der Waals surface area contributed by atoms with E-state index in [2.05, 4.69) is 0 Å². The molecule has 0 fully saturated rings. The number of alkyl halides is 3. The maximum absolute atomic E-state index is 13.0. The van der Waals surface area contributed by atoms with Gasteiger partial charge in [-0.3, -0.25) is 4.79 Å². The number of carboxylic acid groups (broad SMARTS) is 1. The fourth-order valence-electron chi connectivity index (χ4n) is 1.16. The lowest BCUT2D eigenvalue weighted by Gasteiger charge is -2.11. The Morgan fingerprint density at radius 2 is 1.93 bits per heavy atom. The zero-order valence-electron chi connectivity index (χ0n) is 7.31. The maximum atomic E-state index is 13.0. The lowest BCUT2D eigenvalue weighted by Crippen LogP contribution is -2.13. The molecule has 0 aliphatic carbocycles. The largest absolute Gasteiger partial charge is 0.481 e. The molecule has 0 bridgehead atoms. The second kappa shape index (κ2) is 3.88. The van der Waals surface area contributed by atoms with Crippen molar-refractivity contribution in [1.82, 2.24) is 0 Å². The van der Waals surface area contributed by atoms with Crippen LogP contribution in [0.4, 0.5) is 17.6 Å². The number of carbonyl (C=O) groups is 1. The van der Waals surface area contributed by atoms with E-state index in [0.717, 1.165) is 12.1 Å². The Bertz CT molecular complexity index is 384. The van der Waals surface area contributed by atoms with Crippen LogP contribution in [-0.4, -0.2) is 11.1 Å². The SMILES string of the molecule is O=C(O)Cc1c(F)cccc1C(F)(F)F. The third-order valence-electron chi connectivity index (χ3n) is 1.75. The second-order valence-corrected chi connectivity index (χ2v) is 2.83. The highest BCUT2D eigenvalue weighted by molar-refractivity contribution is 5.71. The van der Waals surface area contributed by atoms with Gasteiger partial charge in [0.25, 0.3) is 0 Å². The Labute approximate surface area is 82.1 Å². The predicted octanol–water partition coefficient (Wildman–Crippen LogP) is 2.47. The standard InChI is InChI=1S/C9H6F4O2/c10-7-3-1-2-6(9(11,12)13)5(7)4-8(14)15/h1-3H,4H2,(H,14,15). The average molecular weight is 222 g/mol. The number of rotatable bonds is 2. The molecule has 15 heavy (non-hydrogen) atoms. The number of hydrogen-bond donors (Lipinski definition) is 1. The van der Waals surface area contributed by atoms with Gasteiger partial charge in [-0.1, -0.05) is 6.07 Å². The highest BCUT2D eigenvalue weighted by Gasteiger charge is 2.34. The van der Waals surface area contributed by atoms with E-state index in [-0.39, 0.29) is 0 Å². The van der Waals surface area contributed by atoms with Crippen LogP contribution in [0.25, 0.3) is 0 Å². The van der Waals surface area contributed by atoms with E-state index in [0.29, 0.717) is 6.07 Å². The van der Waals surface area contributed by atoms with Gasteiger partial charge in [-0.2, -0.15) is 13.2 Å². The molecule has 0 atom stereocenters. The van der Waals surface area contributed by atoms with Crippen LogP contribution in [0, 0.1) is 5.82 Å². The fourth-order valence-corrected chi connectivity index (χ4v) is 1.16. The molecule has 0 aliphatic heterocycles. The van der Waals surface area contributed by atoms with Crippen molar-refractivity contribution in [2.75, 3.05) is 0 Å². The van der Waals surface area contributed by atoms with E-state index in [9.17, 15) is 22.4 Å². The minimum Gasteiger partial charge on any atom is -0.481 e. The van der Waals surface area contributed by atoms with Gasteiger partial charge in [0, 0.05) is 5.56 Å². The van der Waals surface area contributed by atoms with E-state index in [1.807, 2.05) is 0 Å². The van der Waals surface area contributed by atoms with Crippen LogP contribution < -0.4 is 0 Å². The van der Waals surface area contributed by atoms with Gasteiger partial charge in [0.15, 0.2) is 0 Å². The molecule has 82 valence electrons. The first-order valence-electron chi connectivity index (χ1n) is 3.88. The fraction of sp³-hybridized carbons (Fsp3) is 0.222. The first kappa shape index (κ1) is 11.5. The van der Waals surface area contributed by atoms with Gasteiger partial charge < -0.3 is 5.11 Å². The molecular weight excluding hydrogens is 216 g/mol. The molecule has 0 heterocycles. The van der Waals surface area contributed by atoms with E-state index in [1.165, 1.54) is 0 Å². The van der Waals surface area contributed by atoms with Gasteiger partial charge in [0.05, 0.1) is 12.0 Å². The van der Waals surface area contributed by atoms with Crippen molar-refractivity contribution in [2.45, 2.75) is 12.6 Å². The monoisotopic (exact) mass is 222 g/mol. The molecule has 0 saturated heterocycles. The smallest absolute Gasteiger partial charge is 0.416 e. The molecule has 0 amide bonds. The average Bonchev–Trinajstić information content (AvgIpc) is 2.05. The molecule has 1 N–H and O–H groups in total. The van der Waals surface area contributed by atoms with Crippen molar-refractivity contribution in [1.29, 1.82) is 0 Å². The van der Waals surface area contributed by atoms with Crippen molar-refractivity contribution in [3.05, 3.63) is 35.1 Å². The van der Waals surface area contributed by atoms with Crippen LogP contribution in [0.2, 0.25) is 0 Å². The van der Waals surface area contributed by atoms with Crippen molar-refractivity contribution >= 4 is 5.97 Å². The summed E-state index contributed by atoms with van der Waals surface area (Å²) >= 11 is 0. The minimum absolute atomic E-state index is 0.654. The number of hydrogen-bond acceptors (Lipinski definition) is 1. The highest BCUT2D eigenvalue weighted by Crippen LogP contribution is 2.33. The molecule has 6 heteroatoms. The van der Waals surface area contributed by atoms with Gasteiger partial charge in [-0.15, -0.1) is 0 Å². The quantitative estimate of drug-likeness (QED) is 0.780. The molecule has 0 aliphatic rings. The summed E-state index contributed by atoms with van der Waals surface area (Å²) in [4.78, 5) is 10.3. The topological polar surface area (TPSA) is 37.3 Å². The van der Waals surface area contributed by atoms with Crippen LogP contribution >= 0.6 is 0 Å². The Kier molecular flexibility index (Phi) is 2.97. The summed E-state index contributed by atoms with van der Waals surface area (Å²) in [6.07, 6.45) is -5.73. The summed E-state index contributed by atoms with van der Waals surface area (Å²) in [6, 6.07) is 2.35. The third-order valence-corrected chi connectivity index (χ3v) is 1.75. The summed E-state index contributed by atoms with van der Waals surface area (Å²) < 4.78 is 49.9. The van der Waals surface area contributed by atoms with E-state index >= 15 is 0 Å². The normalized spacial score (nSPS) is 11.5. The Morgan fingerprint density at radius 1 is 1.33 bits per heavy atom. The first-order chi connectivity index (χ1) is 6.82. The van der Waals surface area contributed by atoms with Crippen LogP contribution in [-0.2, 0) is 17.4 Å². The molecule has 1 aromatic rings. The van der Waals surface area contributed by atoms with E-state index in [4.69, 9.17) is 5.11 Å². The molecule has 1 aromatic carbocycles. The molecule has 0 spiro atoms. The summed E-state index contributed by atoms with van der Waals surface area (Å²) in [5.41, 5.74) is -2.08. The predicted molar refractivity (Wildman–Crippen MR) is 42.7 cm³/mol. The second-order valence-electron chi connectivity index (χ2n) is 2.83. The van der Waals surface area contributed by atoms with Crippen molar-refractivity contribution in [3.63, 3.8) is 0 Å². The summed E-state index contributed by atoms with van der Waals surface area (Å²) in [5, 5.41) is 8.35. The summed E-state index contributed by atoms with van der Waals surface area (Å²) in [5.74, 6) is -2.67. The lowest BCUT2D eigenvalue weighted by molar-refractivity contribution is -0.140. The van der Waals surface area contributed by atoms with Crippen LogP contribution in [0.5, 0.6) is 0 Å². The third kappa shape index (κ3) is 2.68. The van der Waals surface area contributed by atoms with Gasteiger partial charge >= 0.3 is 12.1 Å². The van der Waals surface area contributed by atoms with E-state index < -0.39 is 35.5 Å². The minimum atomic E-state index is -4.74. The van der Waals surface area contributed by atoms with Crippen molar-refractivity contribution < 1.29 is 27.5 Å². The van der Waals surface area contributed by atoms with E-state index in [1.54, 1.807) is 0 Å². The van der Waals surface area contributed by atoms with Crippen LogP contribution in [0.3, 0.4) is 0 Å². The molecule has 0 saturated carbocycles. The van der Waals surface area contributed by atoms with Crippen molar-refractivity contribution in [2.24, 2.45) is 0 Å². The molecule has 0 radical (unpaired) electrons. The number of carboxylic acids is 1. The molecule has 1 rings (SSSR count). The van der Waals surface area contributed by atoms with Gasteiger partial charge in [-0.05, 0) is 12.1 Å². The summed E-state index contributed by atoms with van der Waals surface area (Å²) in [6.45, 7) is 0. The van der Waals surface area contributed by atoms with Gasteiger partial charge in [0.1, 0.15) is 5.82 Å². The molecular formula is C9H6F4O2. The summed E-state index contributed by atoms with van der Waals surface area (Å²) in [7, 11) is 0. The van der Waals surface area contributed by atoms with Gasteiger partial charge in [-0.25, -0.2) is 4.39 Å². The highest BCUT2D eigenvalue weighted by atomic mass is 19.4. The van der Waals surface area contributed by atoms with Crippen LogP contribution in [0.15, 0.2) is 18.2 Å². The maximum Gasteiger partial charge on any atom is 0.416 e. The Hall–Kier alpha value is -1.59. The first-order valence-corrected chi connectivity index (χ1v) is 3.88. The molecule has 0 unspecified atom stereocenters. The molecule has 2 nitrogen and oxygen atoms in total. The van der Waals surface area contributed by atoms with Crippen molar-refractivity contribution in [3.8, 4) is 0 Å². The number of aliphatic carboxylic acids is 1. The Balaban J connectivity index is 3.26. The lowest BCUT2D eigenvalue weighted by atomic mass is 10.0. The Morgan fingerprint density at radius 3 is 2.40 bits per heavy atom. The molecule has 0 aromatic heterocycles.